The van der Waals surface area contributed by atoms with Gasteiger partial charge in [0, 0.05) is 25.3 Å². The highest BCUT2D eigenvalue weighted by Gasteiger charge is 2.34. The first kappa shape index (κ1) is 28.0. The van der Waals surface area contributed by atoms with Crippen molar-refractivity contribution < 1.29 is 29.0 Å². The van der Waals surface area contributed by atoms with Gasteiger partial charge in [-0.15, -0.1) is 11.3 Å². The largest absolute Gasteiger partial charge is 0.465 e. The Morgan fingerprint density at radius 3 is 2.70 bits per heavy atom. The predicted molar refractivity (Wildman–Crippen MR) is 162 cm³/mol. The molecule has 4 N–H and O–H groups in total. The molecule has 5 amide bonds. The molecule has 2 aromatic carbocycles. The van der Waals surface area contributed by atoms with Crippen LogP contribution in [0.15, 0.2) is 60.8 Å². The molecule has 4 aromatic rings. The van der Waals surface area contributed by atoms with E-state index in [-0.39, 0.29) is 30.9 Å². The molecule has 6 rings (SSSR count). The van der Waals surface area contributed by atoms with Crippen LogP contribution >= 0.6 is 11.3 Å². The Balaban J connectivity index is 1.24. The number of carbonyl (C=O) groups is 4. The number of ether oxygens (including phenoxy) is 1. The zero-order chi connectivity index (χ0) is 30.1. The molecule has 1 unspecified atom stereocenters. The highest BCUT2D eigenvalue weighted by Crippen LogP contribution is 2.46. The zero-order valence-corrected chi connectivity index (χ0v) is 23.9. The summed E-state index contributed by atoms with van der Waals surface area (Å²) in [6, 6.07) is 15.9. The lowest BCUT2D eigenvalue weighted by atomic mass is 10.1. The Morgan fingerprint density at radius 2 is 1.93 bits per heavy atom. The van der Waals surface area contributed by atoms with Gasteiger partial charge in [-0.05, 0) is 61.7 Å². The van der Waals surface area contributed by atoms with Crippen LogP contribution in [0, 0.1) is 6.92 Å². The number of thiophene rings is 1. The number of para-hydroxylation sites is 1. The van der Waals surface area contributed by atoms with Gasteiger partial charge in [0.15, 0.2) is 0 Å². The summed E-state index contributed by atoms with van der Waals surface area (Å²) in [6.07, 6.45) is 1.67. The van der Waals surface area contributed by atoms with Crippen molar-refractivity contribution in [1.29, 1.82) is 0 Å². The standard InChI is InChI=1S/C30H28N6O6S/c1-17-14-20(42-19-7-3-2-4-8-19)9-10-21(17)36-22-11-12-31-28-24(22)25(34-29(36)39)26(43-28)27(38)33-18-6-5-13-35(16-18)23(37)15-32-30(40)41/h2-4,7-12,14,18,32H,5-6,13,15-16H2,1H3,(H,33,38)(H,34,39)(H,40,41). The summed E-state index contributed by atoms with van der Waals surface area (Å²) in [6.45, 7) is 2.32. The molecule has 43 heavy (non-hydrogen) atoms. The minimum absolute atomic E-state index is 0.263. The molecule has 0 saturated carbocycles. The molecular weight excluding hydrogens is 572 g/mol. The first-order chi connectivity index (χ1) is 20.8. The number of nitrogens with one attached hydrogen (secondary N) is 3. The molecule has 13 heteroatoms. The van der Waals surface area contributed by atoms with Crippen molar-refractivity contribution in [2.75, 3.05) is 29.9 Å². The molecule has 4 heterocycles. The minimum atomic E-state index is -1.27. The zero-order valence-electron chi connectivity index (χ0n) is 23.1. The molecule has 1 fully saturated rings. The molecule has 0 spiro atoms. The summed E-state index contributed by atoms with van der Waals surface area (Å²) in [7, 11) is 0. The van der Waals surface area contributed by atoms with E-state index in [9.17, 15) is 19.2 Å². The van der Waals surface area contributed by atoms with Gasteiger partial charge in [0.1, 0.15) is 27.8 Å². The topological polar surface area (TPSA) is 153 Å². The molecule has 1 atom stereocenters. The van der Waals surface area contributed by atoms with Crippen LogP contribution in [0.2, 0.25) is 0 Å². The highest BCUT2D eigenvalue weighted by atomic mass is 32.1. The van der Waals surface area contributed by atoms with Crippen LogP contribution in [0.25, 0.3) is 10.2 Å². The molecule has 0 bridgehead atoms. The van der Waals surface area contributed by atoms with E-state index in [4.69, 9.17) is 9.84 Å². The third-order valence-electron chi connectivity index (χ3n) is 7.34. The van der Waals surface area contributed by atoms with Gasteiger partial charge in [-0.25, -0.2) is 14.6 Å². The van der Waals surface area contributed by atoms with Crippen LogP contribution in [-0.4, -0.2) is 64.6 Å². The quantitative estimate of drug-likeness (QED) is 0.231. The average molecular weight is 601 g/mol. The normalized spacial score (nSPS) is 16.0. The molecular formula is C30H28N6O6S. The van der Waals surface area contributed by atoms with Crippen molar-refractivity contribution in [3.8, 4) is 11.5 Å². The molecule has 2 aromatic heterocycles. The number of rotatable bonds is 7. The summed E-state index contributed by atoms with van der Waals surface area (Å²) < 4.78 is 5.96. The monoisotopic (exact) mass is 600 g/mol. The van der Waals surface area contributed by atoms with Crippen LogP contribution < -0.4 is 25.6 Å². The van der Waals surface area contributed by atoms with E-state index in [1.54, 1.807) is 23.2 Å². The third-order valence-corrected chi connectivity index (χ3v) is 8.44. The number of hydrogen-bond acceptors (Lipinski definition) is 7. The molecule has 220 valence electrons. The number of carboxylic acid groups (broad SMARTS) is 1. The number of benzene rings is 2. The molecule has 1 saturated heterocycles. The number of piperidine rings is 1. The van der Waals surface area contributed by atoms with Gasteiger partial charge in [0.25, 0.3) is 5.91 Å². The van der Waals surface area contributed by atoms with Gasteiger partial charge in [0.2, 0.25) is 5.91 Å². The fourth-order valence-electron chi connectivity index (χ4n) is 5.39. The van der Waals surface area contributed by atoms with E-state index in [1.807, 2.05) is 49.4 Å². The number of amides is 5. The van der Waals surface area contributed by atoms with Gasteiger partial charge in [-0.3, -0.25) is 14.5 Å². The number of anilines is 3. The second-order valence-corrected chi connectivity index (χ2v) is 11.3. The lowest BCUT2D eigenvalue weighted by Gasteiger charge is -2.33. The lowest BCUT2D eigenvalue weighted by molar-refractivity contribution is -0.131. The smallest absolute Gasteiger partial charge is 0.405 e. The SMILES string of the molecule is Cc1cc(Oc2ccccc2)ccc1N1C(=O)Nc2c(C(=O)NC3CCCN(C(=O)CNC(=O)O)C3)sc3nccc1c23. The Morgan fingerprint density at radius 1 is 1.12 bits per heavy atom. The minimum Gasteiger partial charge on any atom is -0.465 e. The number of likely N-dealkylation sites (tertiary alicyclic amines) is 1. The van der Waals surface area contributed by atoms with Gasteiger partial charge in [-0.1, -0.05) is 18.2 Å². The van der Waals surface area contributed by atoms with Gasteiger partial charge >= 0.3 is 12.1 Å². The fourth-order valence-corrected chi connectivity index (χ4v) is 6.41. The number of aromatic nitrogens is 1. The van der Waals surface area contributed by atoms with Gasteiger partial charge in [-0.2, -0.15) is 0 Å². The number of carbonyl (C=O) groups excluding carboxylic acids is 3. The lowest BCUT2D eigenvalue weighted by Crippen LogP contribution is -2.51. The molecule has 0 radical (unpaired) electrons. The van der Waals surface area contributed by atoms with Crippen LogP contribution in [0.1, 0.15) is 28.1 Å². The first-order valence-corrected chi connectivity index (χ1v) is 14.5. The van der Waals surface area contributed by atoms with E-state index in [2.05, 4.69) is 20.9 Å². The van der Waals surface area contributed by atoms with Crippen LogP contribution in [0.4, 0.5) is 26.7 Å². The van der Waals surface area contributed by atoms with E-state index in [0.29, 0.717) is 63.0 Å². The second kappa shape index (κ2) is 11.6. The van der Waals surface area contributed by atoms with Crippen molar-refractivity contribution in [3.05, 3.63) is 71.2 Å². The number of nitrogens with zero attached hydrogens (tertiary/aromatic N) is 3. The van der Waals surface area contributed by atoms with Crippen molar-refractivity contribution >= 4 is 62.6 Å². The summed E-state index contributed by atoms with van der Waals surface area (Å²) in [4.78, 5) is 58.7. The summed E-state index contributed by atoms with van der Waals surface area (Å²) in [5.41, 5.74) is 2.50. The molecule has 2 aliphatic heterocycles. The van der Waals surface area contributed by atoms with Crippen molar-refractivity contribution in [2.45, 2.75) is 25.8 Å². The summed E-state index contributed by atoms with van der Waals surface area (Å²) in [5, 5.41) is 17.4. The van der Waals surface area contributed by atoms with E-state index in [0.717, 1.165) is 5.56 Å². The Bertz CT molecular complexity index is 1740. The number of pyridine rings is 1. The highest BCUT2D eigenvalue weighted by molar-refractivity contribution is 7.21. The van der Waals surface area contributed by atoms with Crippen molar-refractivity contribution in [3.63, 3.8) is 0 Å². The fraction of sp³-hybridized carbons (Fsp3) is 0.233. The van der Waals surface area contributed by atoms with Crippen LogP contribution in [0.3, 0.4) is 0 Å². The Hall–Kier alpha value is -5.17. The summed E-state index contributed by atoms with van der Waals surface area (Å²) in [5.74, 6) is 0.618. The molecule has 0 aliphatic carbocycles. The average Bonchev–Trinajstić information content (AvgIpc) is 3.37. The van der Waals surface area contributed by atoms with Crippen LogP contribution in [-0.2, 0) is 4.79 Å². The van der Waals surface area contributed by atoms with Crippen molar-refractivity contribution in [1.82, 2.24) is 20.5 Å². The third kappa shape index (κ3) is 5.66. The van der Waals surface area contributed by atoms with Crippen molar-refractivity contribution in [2.24, 2.45) is 0 Å². The maximum Gasteiger partial charge on any atom is 0.405 e. The van der Waals surface area contributed by atoms with E-state index < -0.39 is 12.1 Å². The maximum absolute atomic E-state index is 13.6. The Kier molecular flexibility index (Phi) is 7.55. The molecule has 2 aliphatic rings. The molecule has 12 nitrogen and oxygen atoms in total. The Labute approximate surface area is 250 Å². The number of urea groups is 1. The van der Waals surface area contributed by atoms with Crippen LogP contribution in [0.5, 0.6) is 11.5 Å². The van der Waals surface area contributed by atoms with E-state index >= 15 is 0 Å². The summed E-state index contributed by atoms with van der Waals surface area (Å²) >= 11 is 1.18. The number of hydrogen-bond donors (Lipinski definition) is 4. The van der Waals surface area contributed by atoms with Gasteiger partial charge in [0.05, 0.1) is 22.4 Å². The van der Waals surface area contributed by atoms with E-state index in [1.165, 1.54) is 16.2 Å². The number of aryl methyl sites for hydroxylation is 1. The second-order valence-electron chi connectivity index (χ2n) is 10.3. The predicted octanol–water partition coefficient (Wildman–Crippen LogP) is 5.07. The maximum atomic E-state index is 13.6. The first-order valence-electron chi connectivity index (χ1n) is 13.7. The van der Waals surface area contributed by atoms with Gasteiger partial charge < -0.3 is 30.7 Å².